The van der Waals surface area contributed by atoms with E-state index >= 15 is 0 Å². The molecule has 5 rings (SSSR count). The summed E-state index contributed by atoms with van der Waals surface area (Å²) >= 11 is 0. The summed E-state index contributed by atoms with van der Waals surface area (Å²) in [5, 5.41) is 129. The Morgan fingerprint density at radius 1 is 0.733 bits per heavy atom. The van der Waals surface area contributed by atoms with Crippen LogP contribution in [0.5, 0.6) is 40.2 Å². The summed E-state index contributed by atoms with van der Waals surface area (Å²) in [4.78, 5) is 39.6. The summed E-state index contributed by atoms with van der Waals surface area (Å²) in [5.74, 6) is -22.1. The largest absolute Gasteiger partial charge is 0.504 e. The number of fused-ring (bicyclic) bond motifs is 1. The summed E-state index contributed by atoms with van der Waals surface area (Å²) in [6, 6.07) is 0. The highest BCUT2D eigenvalue weighted by Crippen LogP contribution is 2.53. The van der Waals surface area contributed by atoms with Gasteiger partial charge in [0.05, 0.1) is 31.0 Å². The molecular formula is C25H28N4O16. The van der Waals surface area contributed by atoms with Crippen LogP contribution in [0, 0.1) is 0 Å². The fourth-order valence-corrected chi connectivity index (χ4v) is 5.43. The molecule has 45 heavy (non-hydrogen) atoms. The number of amides is 3. The number of anilines is 1. The Labute approximate surface area is 250 Å². The minimum absolute atomic E-state index is 0.0925. The van der Waals surface area contributed by atoms with Crippen LogP contribution >= 0.6 is 0 Å². The number of aromatic hydroxyl groups is 7. The van der Waals surface area contributed by atoms with Gasteiger partial charge in [0.25, 0.3) is 29.2 Å². The number of carbonyl (C=O) groups excluding carboxylic acids is 3. The van der Waals surface area contributed by atoms with E-state index in [2.05, 4.69) is 5.32 Å². The van der Waals surface area contributed by atoms with Crippen molar-refractivity contribution in [2.75, 3.05) is 31.6 Å². The lowest BCUT2D eigenvalue weighted by Crippen LogP contribution is -2.85. The van der Waals surface area contributed by atoms with Crippen LogP contribution in [0.2, 0.25) is 0 Å². The van der Waals surface area contributed by atoms with E-state index in [1.807, 2.05) is 0 Å². The highest BCUT2D eigenvalue weighted by Gasteiger charge is 2.76. The number of ether oxygens (including phenoxy) is 1. The second-order valence-electron chi connectivity index (χ2n) is 10.6. The zero-order valence-electron chi connectivity index (χ0n) is 22.8. The van der Waals surface area contributed by atoms with Crippen molar-refractivity contribution in [3.8, 4) is 40.2 Å². The molecule has 0 bridgehead atoms. The molecule has 3 aliphatic heterocycles. The first-order chi connectivity index (χ1) is 20.9. The molecule has 20 nitrogen and oxygen atoms in total. The lowest BCUT2D eigenvalue weighted by atomic mass is 9.86. The van der Waals surface area contributed by atoms with Gasteiger partial charge in [-0.1, -0.05) is 0 Å². The first-order valence-corrected chi connectivity index (χ1v) is 13.0. The van der Waals surface area contributed by atoms with Crippen LogP contribution < -0.4 is 10.6 Å². The molecular weight excluding hydrogens is 612 g/mol. The van der Waals surface area contributed by atoms with Crippen LogP contribution in [0.25, 0.3) is 0 Å². The summed E-state index contributed by atoms with van der Waals surface area (Å²) in [7, 11) is 0. The maximum Gasteiger partial charge on any atom is 0.306 e. The minimum Gasteiger partial charge on any atom is -0.504 e. The van der Waals surface area contributed by atoms with E-state index in [9.17, 15) is 75.7 Å². The van der Waals surface area contributed by atoms with Gasteiger partial charge >= 0.3 is 5.79 Å². The van der Waals surface area contributed by atoms with Gasteiger partial charge in [0, 0.05) is 42.9 Å². The highest BCUT2D eigenvalue weighted by atomic mass is 16.6. The summed E-state index contributed by atoms with van der Waals surface area (Å²) in [6.45, 7) is -0.443. The first kappa shape index (κ1) is 31.6. The average Bonchev–Trinajstić information content (AvgIpc) is 3.34. The number of aliphatic hydroxyl groups is 5. The van der Waals surface area contributed by atoms with Crippen LogP contribution in [0.3, 0.4) is 0 Å². The molecule has 2 aromatic rings. The lowest BCUT2D eigenvalue weighted by molar-refractivity contribution is -0.407. The Balaban J connectivity index is 1.57. The van der Waals surface area contributed by atoms with Crippen LogP contribution in [-0.2, 0) is 34.0 Å². The number of carbonyl (C=O) groups is 3. The lowest BCUT2D eigenvalue weighted by Gasteiger charge is -2.50. The van der Waals surface area contributed by atoms with E-state index in [4.69, 9.17) is 4.74 Å². The van der Waals surface area contributed by atoms with E-state index in [1.165, 1.54) is 5.32 Å². The van der Waals surface area contributed by atoms with Gasteiger partial charge in [-0.2, -0.15) is 0 Å². The van der Waals surface area contributed by atoms with Crippen molar-refractivity contribution in [2.45, 2.75) is 36.9 Å². The van der Waals surface area contributed by atoms with E-state index in [1.54, 1.807) is 4.90 Å². The Morgan fingerprint density at radius 2 is 1.29 bits per heavy atom. The Kier molecular flexibility index (Phi) is 7.28. The number of piperidine rings is 1. The van der Waals surface area contributed by atoms with E-state index in [-0.39, 0.29) is 22.6 Å². The summed E-state index contributed by atoms with van der Waals surface area (Å²) in [5.41, 5.74) is -6.48. The Morgan fingerprint density at radius 3 is 1.89 bits per heavy atom. The third-order valence-corrected chi connectivity index (χ3v) is 8.06. The number of nitrogens with zero attached hydrogens (tertiary/aromatic N) is 2. The SMILES string of the molecule is O=C1c2c(O)c(O)c(O)c(NCc3c(O)c(O)c(O)c(O)c3CN3CCOCC3)c2CN1C1(O)C(=O)NC(=O)C(O)(O)C1(O)O. The quantitative estimate of drug-likeness (QED) is 0.0615. The van der Waals surface area contributed by atoms with Crippen LogP contribution in [0.1, 0.15) is 27.0 Å². The fraction of sp³-hybridized carbons (Fsp3) is 0.400. The third kappa shape index (κ3) is 4.30. The van der Waals surface area contributed by atoms with Gasteiger partial charge in [0.2, 0.25) is 17.2 Å². The molecule has 2 saturated heterocycles. The number of rotatable bonds is 6. The maximum atomic E-state index is 13.4. The number of benzene rings is 2. The topological polar surface area (TPSA) is 334 Å². The third-order valence-electron chi connectivity index (χ3n) is 8.06. The molecule has 0 aliphatic carbocycles. The Bertz CT molecular complexity index is 1640. The molecule has 0 saturated carbocycles. The summed E-state index contributed by atoms with van der Waals surface area (Å²) < 4.78 is 5.27. The molecule has 14 N–H and O–H groups in total. The molecule has 2 fully saturated rings. The average molecular weight is 641 g/mol. The van der Waals surface area contributed by atoms with Crippen molar-refractivity contribution in [3.05, 3.63) is 22.3 Å². The summed E-state index contributed by atoms with van der Waals surface area (Å²) in [6.07, 6.45) is 0. The van der Waals surface area contributed by atoms with Crippen molar-refractivity contribution < 1.29 is 80.4 Å². The fourth-order valence-electron chi connectivity index (χ4n) is 5.43. The van der Waals surface area contributed by atoms with Crippen molar-refractivity contribution in [1.29, 1.82) is 0 Å². The highest BCUT2D eigenvalue weighted by molar-refractivity contribution is 6.11. The minimum atomic E-state index is -4.48. The molecule has 0 radical (unpaired) electrons. The smallest absolute Gasteiger partial charge is 0.306 e. The zero-order valence-corrected chi connectivity index (χ0v) is 22.8. The molecule has 244 valence electrons. The zero-order chi connectivity index (χ0) is 33.4. The van der Waals surface area contributed by atoms with Gasteiger partial charge in [-0.15, -0.1) is 0 Å². The molecule has 1 atom stereocenters. The van der Waals surface area contributed by atoms with Gasteiger partial charge < -0.3 is 71.3 Å². The number of hydrogen-bond donors (Lipinski definition) is 14. The van der Waals surface area contributed by atoms with E-state index in [0.29, 0.717) is 26.3 Å². The maximum absolute atomic E-state index is 13.4. The molecule has 1 unspecified atom stereocenters. The molecule has 3 heterocycles. The van der Waals surface area contributed by atoms with Crippen LogP contribution in [-0.4, -0.2) is 132 Å². The standard InChI is InChI=1S/C25H28N4O16/c30-13-8(9(14(31)18(35)17(13)34)6-28-1-3-45-4-2-28)5-26-12-10-7-29(20(37)11(10)15(32)19(36)16(12)33)23(40)21(38)27-22(39)24(41,42)25(23,43)44/h26,30-36,40-44H,1-7H2,(H,27,38,39). The van der Waals surface area contributed by atoms with Crippen molar-refractivity contribution in [2.24, 2.45) is 0 Å². The number of imide groups is 1. The number of morpholine rings is 1. The van der Waals surface area contributed by atoms with Crippen molar-refractivity contribution >= 4 is 23.4 Å². The van der Waals surface area contributed by atoms with Crippen molar-refractivity contribution in [3.63, 3.8) is 0 Å². The number of phenolic OH excluding ortho intramolecular Hbond substituents is 7. The molecule has 0 aromatic heterocycles. The van der Waals surface area contributed by atoms with Crippen LogP contribution in [0.15, 0.2) is 0 Å². The second kappa shape index (κ2) is 10.4. The molecule has 3 amide bonds. The normalized spacial score (nSPS) is 22.8. The molecule has 0 spiro atoms. The molecule has 20 heteroatoms. The second-order valence-corrected chi connectivity index (χ2v) is 10.6. The first-order valence-electron chi connectivity index (χ1n) is 13.0. The Hall–Kier alpha value is -4.83. The van der Waals surface area contributed by atoms with Gasteiger partial charge in [0.15, 0.2) is 23.0 Å². The predicted octanol–water partition coefficient (Wildman–Crippen LogP) is -4.27. The number of phenols is 7. The molecule has 2 aromatic carbocycles. The number of hydrogen-bond acceptors (Lipinski definition) is 18. The van der Waals surface area contributed by atoms with Gasteiger partial charge in [-0.25, -0.2) is 0 Å². The van der Waals surface area contributed by atoms with Crippen molar-refractivity contribution in [1.82, 2.24) is 15.1 Å². The molecule has 3 aliphatic rings. The van der Waals surface area contributed by atoms with Crippen LogP contribution in [0.4, 0.5) is 5.69 Å². The van der Waals surface area contributed by atoms with Gasteiger partial charge in [0.1, 0.15) is 0 Å². The predicted molar refractivity (Wildman–Crippen MR) is 140 cm³/mol. The number of nitrogens with one attached hydrogen (secondary N) is 2. The van der Waals surface area contributed by atoms with Gasteiger partial charge in [-0.3, -0.25) is 29.5 Å². The van der Waals surface area contributed by atoms with E-state index < -0.39 is 105 Å². The monoisotopic (exact) mass is 640 g/mol. The van der Waals surface area contributed by atoms with E-state index in [0.717, 1.165) is 0 Å². The van der Waals surface area contributed by atoms with Gasteiger partial charge in [-0.05, 0) is 0 Å².